The maximum atomic E-state index is 10.3. The van der Waals surface area contributed by atoms with Crippen molar-refractivity contribution >= 4 is 30.9 Å². The topological polar surface area (TPSA) is 46.5 Å². The summed E-state index contributed by atoms with van der Waals surface area (Å²) in [6, 6.07) is 0. The van der Waals surface area contributed by atoms with Gasteiger partial charge in [-0.15, -0.1) is 0 Å². The van der Waals surface area contributed by atoms with Gasteiger partial charge in [-0.05, 0) is 0 Å². The van der Waals surface area contributed by atoms with Gasteiger partial charge in [-0.1, -0.05) is 0 Å². The van der Waals surface area contributed by atoms with E-state index in [2.05, 4.69) is 3.96 Å². The normalized spacial score (nSPS) is 30.3. The van der Waals surface area contributed by atoms with E-state index < -0.39 is 11.8 Å². The molecule has 40 valence electrons. The summed E-state index contributed by atoms with van der Waals surface area (Å²) >= 11 is -2.00. The zero-order chi connectivity index (χ0) is 5.28. The number of carbonyl (C=O) groups is 1. The van der Waals surface area contributed by atoms with Gasteiger partial charge in [0, 0.05) is 0 Å². The second-order valence-corrected chi connectivity index (χ2v) is 9.79. The van der Waals surface area contributed by atoms with Gasteiger partial charge in [0.25, 0.3) is 0 Å². The Labute approximate surface area is 49.1 Å². The van der Waals surface area contributed by atoms with Crippen molar-refractivity contribution < 1.29 is 8.63 Å². The second-order valence-electron chi connectivity index (χ2n) is 1.01. The summed E-state index contributed by atoms with van der Waals surface area (Å²) in [5.74, 6) is -0.144. The van der Waals surface area contributed by atoms with Gasteiger partial charge < -0.3 is 0 Å². The van der Waals surface area contributed by atoms with Gasteiger partial charge in [0.2, 0.25) is 0 Å². The fourth-order valence-corrected chi connectivity index (χ4v) is 6.01. The monoisotopic (exact) mass is 233 g/mol. The summed E-state index contributed by atoms with van der Waals surface area (Å²) in [6.07, 6.45) is 0. The van der Waals surface area contributed by atoms with Crippen LogP contribution >= 0.6 is 0 Å². The number of hydrogen-bond donors (Lipinski definition) is 0. The van der Waals surface area contributed by atoms with Crippen LogP contribution < -0.4 is 0 Å². The average Bonchev–Trinajstić information content (AvgIpc) is 1.87. The van der Waals surface area contributed by atoms with Crippen molar-refractivity contribution in [3.05, 3.63) is 0 Å². The first-order valence-corrected chi connectivity index (χ1v) is 9.20. The predicted molar refractivity (Wildman–Crippen MR) is 25.8 cm³/mol. The number of amides is 1. The average molecular weight is 231 g/mol. The summed E-state index contributed by atoms with van der Waals surface area (Å²) < 4.78 is 13.7. The van der Waals surface area contributed by atoms with Crippen LogP contribution in [0.25, 0.3) is 0 Å². The first-order valence-electron chi connectivity index (χ1n) is 1.64. The fourth-order valence-electron chi connectivity index (χ4n) is 0.259. The zero-order valence-electron chi connectivity index (χ0n) is 3.33. The first-order chi connectivity index (χ1) is 3.29. The van der Waals surface area contributed by atoms with Crippen molar-refractivity contribution in [3.8, 4) is 0 Å². The Kier molecular flexibility index (Phi) is 1.60. The van der Waals surface area contributed by atoms with E-state index in [-0.39, 0.29) is 19.0 Å². The van der Waals surface area contributed by atoms with Crippen LogP contribution in [0.1, 0.15) is 0 Å². The van der Waals surface area contributed by atoms with Crippen LogP contribution in [0, 0.1) is 0 Å². The third-order valence-corrected chi connectivity index (χ3v) is 7.26. The molecule has 0 saturated heterocycles. The van der Waals surface area contributed by atoms with Gasteiger partial charge in [0.1, 0.15) is 0 Å². The van der Waals surface area contributed by atoms with Crippen LogP contribution in [0.3, 0.4) is 0 Å². The van der Waals surface area contributed by atoms with E-state index in [1.807, 2.05) is 0 Å². The van der Waals surface area contributed by atoms with Crippen LogP contribution in [-0.4, -0.2) is 30.9 Å². The molecule has 0 saturated carbocycles. The summed E-state index contributed by atoms with van der Waals surface area (Å²) in [5.41, 5.74) is 0. The van der Waals surface area contributed by atoms with Crippen LogP contribution in [0.2, 0.25) is 5.32 Å². The summed E-state index contributed by atoms with van der Waals surface area (Å²) in [6.45, 7) is 0. The molecular weight excluding hydrogens is 228 g/mol. The molecule has 1 heterocycles. The minimum atomic E-state index is -2.08. The predicted octanol–water partition coefficient (Wildman–Crippen LogP) is -0.935. The quantitative estimate of drug-likeness (QED) is 0.505. The van der Waals surface area contributed by atoms with E-state index >= 15 is 0 Å². The molecule has 1 amide bonds. The van der Waals surface area contributed by atoms with E-state index in [4.69, 9.17) is 0 Å². The first kappa shape index (κ1) is 5.45. The summed E-state index contributed by atoms with van der Waals surface area (Å²) in [4.78, 5) is 10.1. The summed E-state index contributed by atoms with van der Waals surface area (Å²) in [7, 11) is 0. The molecule has 3 nitrogen and oxygen atoms in total. The molecule has 7 heavy (non-hydrogen) atoms. The van der Waals surface area contributed by atoms with Crippen molar-refractivity contribution in [2.75, 3.05) is 0 Å². The van der Waals surface area contributed by atoms with E-state index in [0.717, 1.165) is 0 Å². The molecule has 0 aromatic rings. The molecular formula is C2H3NO2Se2. The van der Waals surface area contributed by atoms with Crippen LogP contribution in [0.15, 0.2) is 3.96 Å². The molecule has 1 unspecified atom stereocenters. The van der Waals surface area contributed by atoms with Crippen molar-refractivity contribution in [1.82, 2.24) is 0 Å². The Bertz CT molecular complexity index is 169. The molecule has 0 fully saturated rings. The molecule has 0 aliphatic carbocycles. The minimum absolute atomic E-state index is 0.0735. The van der Waals surface area contributed by atoms with Crippen LogP contribution in [0.4, 0.5) is 0 Å². The Balaban J connectivity index is 2.87. The number of hydrogen-bond acceptors (Lipinski definition) is 2. The zero-order valence-corrected chi connectivity index (χ0v) is 6.92. The third kappa shape index (κ3) is 1.35. The Morgan fingerprint density at radius 2 is 2.57 bits per heavy atom. The standard InChI is InChI=1S/C2H3NO2Se2/c4-2-1-6-7(5)3-2/h7H,1H2. The molecule has 1 rings (SSSR count). The van der Waals surface area contributed by atoms with Crippen LogP contribution in [0.5, 0.6) is 0 Å². The Morgan fingerprint density at radius 3 is 2.71 bits per heavy atom. The number of carbonyl (C=O) groups excluding carboxylic acids is 1. The second kappa shape index (κ2) is 2.05. The van der Waals surface area contributed by atoms with Gasteiger partial charge >= 0.3 is 48.8 Å². The van der Waals surface area contributed by atoms with Crippen molar-refractivity contribution in [2.24, 2.45) is 3.96 Å². The molecule has 1 atom stereocenters. The molecule has 1 aliphatic rings. The molecule has 0 bridgehead atoms. The van der Waals surface area contributed by atoms with E-state index in [0.29, 0.717) is 5.32 Å². The fraction of sp³-hybridized carbons (Fsp3) is 0.500. The van der Waals surface area contributed by atoms with Gasteiger partial charge in [0.15, 0.2) is 0 Å². The third-order valence-electron chi connectivity index (χ3n) is 0.492. The van der Waals surface area contributed by atoms with Crippen molar-refractivity contribution in [3.63, 3.8) is 0 Å². The molecule has 0 aromatic heterocycles. The van der Waals surface area contributed by atoms with Crippen LogP contribution in [-0.2, 0) is 8.63 Å². The van der Waals surface area contributed by atoms with Gasteiger partial charge in [-0.2, -0.15) is 0 Å². The SMILES string of the molecule is O=C1C[Se][SeH](=O)=N1. The maximum absolute atomic E-state index is 10.3. The number of nitrogens with zero attached hydrogens (tertiary/aromatic N) is 1. The van der Waals surface area contributed by atoms with E-state index in [1.165, 1.54) is 0 Å². The molecule has 0 aromatic carbocycles. The molecule has 0 N–H and O–H groups in total. The molecule has 5 heteroatoms. The Morgan fingerprint density at radius 1 is 1.86 bits per heavy atom. The van der Waals surface area contributed by atoms with E-state index in [9.17, 15) is 8.63 Å². The van der Waals surface area contributed by atoms with Gasteiger partial charge in [-0.3, -0.25) is 0 Å². The molecule has 1 aliphatic heterocycles. The van der Waals surface area contributed by atoms with Crippen molar-refractivity contribution in [1.29, 1.82) is 0 Å². The number of rotatable bonds is 0. The molecule has 0 spiro atoms. The van der Waals surface area contributed by atoms with Gasteiger partial charge in [-0.25, -0.2) is 0 Å². The van der Waals surface area contributed by atoms with Crippen molar-refractivity contribution in [2.45, 2.75) is 5.32 Å². The van der Waals surface area contributed by atoms with E-state index in [1.54, 1.807) is 0 Å². The molecule has 0 radical (unpaired) electrons. The van der Waals surface area contributed by atoms with Gasteiger partial charge in [0.05, 0.1) is 0 Å². The summed E-state index contributed by atoms with van der Waals surface area (Å²) in [5, 5.41) is 0.483. The Hall–Kier alpha value is 0.309.